The van der Waals surface area contributed by atoms with Gasteiger partial charge < -0.3 is 9.32 Å². The van der Waals surface area contributed by atoms with Crippen LogP contribution in [0, 0.1) is 6.92 Å². The Labute approximate surface area is 119 Å². The molecule has 2 heterocycles. The molecule has 1 amide bonds. The summed E-state index contributed by atoms with van der Waals surface area (Å²) in [7, 11) is 2.15. The van der Waals surface area contributed by atoms with Gasteiger partial charge in [-0.1, -0.05) is 0 Å². The predicted molar refractivity (Wildman–Crippen MR) is 77.1 cm³/mol. The molecule has 112 valence electrons. The summed E-state index contributed by atoms with van der Waals surface area (Å²) in [6.07, 6.45) is 1.15. The number of carbonyl (C=O) groups is 1. The lowest BCUT2D eigenvalue weighted by Gasteiger charge is -2.26. The van der Waals surface area contributed by atoms with Crippen molar-refractivity contribution in [1.82, 2.24) is 15.2 Å². The lowest BCUT2D eigenvalue weighted by Crippen LogP contribution is -2.37. The Morgan fingerprint density at radius 1 is 1.55 bits per heavy atom. The summed E-state index contributed by atoms with van der Waals surface area (Å²) < 4.78 is 5.64. The number of nitrogen functional groups attached to an aromatic ring is 1. The molecule has 20 heavy (non-hydrogen) atoms. The van der Waals surface area contributed by atoms with Gasteiger partial charge in [0.15, 0.2) is 5.76 Å². The zero-order valence-corrected chi connectivity index (χ0v) is 12.5. The summed E-state index contributed by atoms with van der Waals surface area (Å²) >= 11 is 0. The molecular weight excluding hydrogens is 256 g/mol. The molecule has 1 aliphatic heterocycles. The normalized spacial score (nSPS) is 21.7. The molecule has 0 bridgehead atoms. The van der Waals surface area contributed by atoms with Gasteiger partial charge in [0.25, 0.3) is 0 Å². The Bertz CT molecular complexity index is 472. The number of rotatable bonds is 3. The molecule has 0 spiro atoms. The van der Waals surface area contributed by atoms with Crippen molar-refractivity contribution in [3.05, 3.63) is 23.2 Å². The third-order valence-electron chi connectivity index (χ3n) is 3.85. The number of hydrazine groups is 1. The van der Waals surface area contributed by atoms with Gasteiger partial charge >= 0.3 is 5.91 Å². The van der Waals surface area contributed by atoms with E-state index in [1.54, 1.807) is 0 Å². The minimum absolute atomic E-state index is 0.307. The topological polar surface area (TPSA) is 74.7 Å². The SMILES string of the molecule is Cc1cc(CN2CCCN(C)CC2C)oc1C(=O)NN. The Kier molecular flexibility index (Phi) is 4.80. The monoisotopic (exact) mass is 280 g/mol. The second kappa shape index (κ2) is 6.39. The predicted octanol–water partition coefficient (Wildman–Crippen LogP) is 0.718. The lowest BCUT2D eigenvalue weighted by atomic mass is 10.2. The van der Waals surface area contributed by atoms with Crippen molar-refractivity contribution < 1.29 is 9.21 Å². The molecule has 3 N–H and O–H groups in total. The molecule has 6 nitrogen and oxygen atoms in total. The van der Waals surface area contributed by atoms with E-state index in [2.05, 4.69) is 29.2 Å². The van der Waals surface area contributed by atoms with E-state index in [0.29, 0.717) is 11.8 Å². The number of nitrogens with two attached hydrogens (primary N) is 1. The zero-order valence-electron chi connectivity index (χ0n) is 12.5. The van der Waals surface area contributed by atoms with Crippen molar-refractivity contribution in [3.63, 3.8) is 0 Å². The fourth-order valence-electron chi connectivity index (χ4n) is 2.77. The molecule has 1 saturated heterocycles. The first kappa shape index (κ1) is 15.0. The maximum absolute atomic E-state index is 11.6. The Morgan fingerprint density at radius 2 is 2.30 bits per heavy atom. The average molecular weight is 280 g/mol. The van der Waals surface area contributed by atoms with E-state index in [0.717, 1.165) is 43.9 Å². The molecule has 0 radical (unpaired) electrons. The summed E-state index contributed by atoms with van der Waals surface area (Å²) in [6.45, 7) is 8.04. The Hall–Kier alpha value is -1.37. The minimum Gasteiger partial charge on any atom is -0.454 e. The van der Waals surface area contributed by atoms with Crippen LogP contribution in [0.4, 0.5) is 0 Å². The van der Waals surface area contributed by atoms with Crippen molar-refractivity contribution in [2.24, 2.45) is 5.84 Å². The van der Waals surface area contributed by atoms with Gasteiger partial charge in [0, 0.05) is 24.7 Å². The van der Waals surface area contributed by atoms with Gasteiger partial charge in [-0.2, -0.15) is 0 Å². The lowest BCUT2D eigenvalue weighted by molar-refractivity contribution is 0.0920. The van der Waals surface area contributed by atoms with Gasteiger partial charge in [-0.3, -0.25) is 15.1 Å². The van der Waals surface area contributed by atoms with Gasteiger partial charge in [-0.15, -0.1) is 0 Å². The number of aryl methyl sites for hydroxylation is 1. The molecule has 6 heteroatoms. The summed E-state index contributed by atoms with van der Waals surface area (Å²) in [5, 5.41) is 0. The van der Waals surface area contributed by atoms with E-state index in [9.17, 15) is 4.79 Å². The second-order valence-electron chi connectivity index (χ2n) is 5.63. The standard InChI is InChI=1S/C14H24N4O2/c1-10-7-12(20-13(10)14(19)16-15)9-18-6-4-5-17(3)8-11(18)2/h7,11H,4-6,8-9,15H2,1-3H3,(H,16,19). The van der Waals surface area contributed by atoms with Crippen molar-refractivity contribution in [3.8, 4) is 0 Å². The summed E-state index contributed by atoms with van der Waals surface area (Å²) in [4.78, 5) is 16.3. The molecule has 1 atom stereocenters. The Balaban J connectivity index is 2.07. The number of carbonyl (C=O) groups excluding carboxylic acids is 1. The van der Waals surface area contributed by atoms with Crippen molar-refractivity contribution in [2.75, 3.05) is 26.7 Å². The van der Waals surface area contributed by atoms with Crippen LogP contribution in [-0.2, 0) is 6.54 Å². The number of nitrogens with zero attached hydrogens (tertiary/aromatic N) is 2. The molecule has 0 aliphatic carbocycles. The molecule has 1 aliphatic rings. The van der Waals surface area contributed by atoms with Crippen LogP contribution in [0.2, 0.25) is 0 Å². The van der Waals surface area contributed by atoms with E-state index < -0.39 is 0 Å². The maximum atomic E-state index is 11.6. The van der Waals surface area contributed by atoms with Gasteiger partial charge in [0.1, 0.15) is 5.76 Å². The average Bonchev–Trinajstić information content (AvgIpc) is 2.69. The highest BCUT2D eigenvalue weighted by Crippen LogP contribution is 2.19. The van der Waals surface area contributed by atoms with Crippen LogP contribution in [0.1, 0.15) is 35.2 Å². The van der Waals surface area contributed by atoms with Crippen LogP contribution in [-0.4, -0.2) is 48.4 Å². The molecule has 1 fully saturated rings. The largest absolute Gasteiger partial charge is 0.454 e. The highest BCUT2D eigenvalue weighted by atomic mass is 16.4. The first-order chi connectivity index (χ1) is 9.51. The van der Waals surface area contributed by atoms with E-state index in [-0.39, 0.29) is 5.91 Å². The fraction of sp³-hybridized carbons (Fsp3) is 0.643. The number of hydrogen-bond donors (Lipinski definition) is 2. The van der Waals surface area contributed by atoms with Crippen LogP contribution in [0.15, 0.2) is 10.5 Å². The van der Waals surface area contributed by atoms with E-state index in [4.69, 9.17) is 10.3 Å². The highest BCUT2D eigenvalue weighted by Gasteiger charge is 2.22. The van der Waals surface area contributed by atoms with Gasteiger partial charge in [0.2, 0.25) is 0 Å². The first-order valence-corrected chi connectivity index (χ1v) is 7.04. The fourth-order valence-corrected chi connectivity index (χ4v) is 2.77. The number of nitrogens with one attached hydrogen (secondary N) is 1. The number of amides is 1. The summed E-state index contributed by atoms with van der Waals surface area (Å²) in [5.41, 5.74) is 2.93. The smallest absolute Gasteiger partial charge is 0.301 e. The van der Waals surface area contributed by atoms with Gasteiger partial charge in [-0.05, 0) is 39.9 Å². The van der Waals surface area contributed by atoms with E-state index in [1.807, 2.05) is 13.0 Å². The van der Waals surface area contributed by atoms with Crippen LogP contribution >= 0.6 is 0 Å². The van der Waals surface area contributed by atoms with Crippen LogP contribution in [0.5, 0.6) is 0 Å². The minimum atomic E-state index is -0.377. The van der Waals surface area contributed by atoms with Gasteiger partial charge in [0.05, 0.1) is 6.54 Å². The zero-order chi connectivity index (χ0) is 14.7. The van der Waals surface area contributed by atoms with Crippen LogP contribution in [0.3, 0.4) is 0 Å². The summed E-state index contributed by atoms with van der Waals surface area (Å²) in [6, 6.07) is 2.39. The third-order valence-corrected chi connectivity index (χ3v) is 3.85. The van der Waals surface area contributed by atoms with Crippen LogP contribution < -0.4 is 11.3 Å². The molecule has 1 aromatic heterocycles. The molecule has 1 unspecified atom stereocenters. The molecule has 0 saturated carbocycles. The van der Waals surface area contributed by atoms with Crippen LogP contribution in [0.25, 0.3) is 0 Å². The van der Waals surface area contributed by atoms with Crippen molar-refractivity contribution in [2.45, 2.75) is 32.9 Å². The number of hydrogen-bond acceptors (Lipinski definition) is 5. The molecule has 0 aromatic carbocycles. The van der Waals surface area contributed by atoms with Crippen molar-refractivity contribution >= 4 is 5.91 Å². The first-order valence-electron chi connectivity index (χ1n) is 7.04. The number of furan rings is 1. The molecule has 2 rings (SSSR count). The van der Waals surface area contributed by atoms with E-state index >= 15 is 0 Å². The third kappa shape index (κ3) is 3.39. The van der Waals surface area contributed by atoms with Crippen molar-refractivity contribution in [1.29, 1.82) is 0 Å². The van der Waals surface area contributed by atoms with Gasteiger partial charge in [-0.25, -0.2) is 5.84 Å². The quantitative estimate of drug-likeness (QED) is 0.485. The molecule has 1 aromatic rings. The molecular formula is C14H24N4O2. The number of likely N-dealkylation sites (N-methyl/N-ethyl adjacent to an activating group) is 1. The van der Waals surface area contributed by atoms with E-state index in [1.165, 1.54) is 0 Å². The highest BCUT2D eigenvalue weighted by molar-refractivity contribution is 5.92. The maximum Gasteiger partial charge on any atom is 0.301 e. The second-order valence-corrected chi connectivity index (χ2v) is 5.63. The Morgan fingerprint density at radius 3 is 3.00 bits per heavy atom. The summed E-state index contributed by atoms with van der Waals surface area (Å²) in [5.74, 6) is 5.90.